The maximum absolute atomic E-state index is 11.9. The molecule has 1 aliphatic heterocycles. The first-order valence-electron chi connectivity index (χ1n) is 8.05. The van der Waals surface area contributed by atoms with Crippen LogP contribution in [0.5, 0.6) is 0 Å². The van der Waals surface area contributed by atoms with Crippen LogP contribution in [0.25, 0.3) is 0 Å². The van der Waals surface area contributed by atoms with Crippen LogP contribution < -0.4 is 5.32 Å². The molecule has 0 saturated carbocycles. The molecule has 1 saturated heterocycles. The minimum atomic E-state index is -0.576. The van der Waals surface area contributed by atoms with Gasteiger partial charge in [0.1, 0.15) is 5.54 Å². The summed E-state index contributed by atoms with van der Waals surface area (Å²) in [4.78, 5) is 14.4. The van der Waals surface area contributed by atoms with E-state index in [1.54, 1.807) is 7.11 Å². The Morgan fingerprint density at radius 1 is 1.43 bits per heavy atom. The second-order valence-corrected chi connectivity index (χ2v) is 6.30. The standard InChI is InChI=1S/C16H32N2O3/c1-6-17-16(3,15(19)21-5)9-7-10-18-11-8-13(2)14(12-18)20-4/h13-14,17H,6-12H2,1-5H3. The summed E-state index contributed by atoms with van der Waals surface area (Å²) in [6, 6.07) is 0. The molecule has 1 aliphatic rings. The molecule has 124 valence electrons. The van der Waals surface area contributed by atoms with Crippen LogP contribution in [0.15, 0.2) is 0 Å². The van der Waals surface area contributed by atoms with E-state index in [4.69, 9.17) is 9.47 Å². The molecule has 1 fully saturated rings. The molecule has 0 radical (unpaired) electrons. The second kappa shape index (κ2) is 8.71. The topological polar surface area (TPSA) is 50.8 Å². The first kappa shape index (κ1) is 18.4. The fourth-order valence-corrected chi connectivity index (χ4v) is 3.14. The number of likely N-dealkylation sites (tertiary alicyclic amines) is 1. The summed E-state index contributed by atoms with van der Waals surface area (Å²) < 4.78 is 10.5. The molecule has 0 amide bonds. The van der Waals surface area contributed by atoms with Crippen LogP contribution in [-0.4, -0.2) is 62.9 Å². The predicted octanol–water partition coefficient (Wildman–Crippen LogP) is 1.66. The van der Waals surface area contributed by atoms with E-state index < -0.39 is 5.54 Å². The minimum absolute atomic E-state index is 0.175. The Hall–Kier alpha value is -0.650. The monoisotopic (exact) mass is 300 g/mol. The van der Waals surface area contributed by atoms with Crippen molar-refractivity contribution in [2.45, 2.75) is 51.7 Å². The normalized spacial score (nSPS) is 26.3. The first-order valence-corrected chi connectivity index (χ1v) is 8.05. The molecule has 0 aromatic heterocycles. The molecular formula is C16H32N2O3. The molecule has 0 spiro atoms. The van der Waals surface area contributed by atoms with E-state index in [1.165, 1.54) is 13.5 Å². The van der Waals surface area contributed by atoms with Crippen molar-refractivity contribution in [2.24, 2.45) is 5.92 Å². The number of esters is 1. The lowest BCUT2D eigenvalue weighted by molar-refractivity contribution is -0.148. The highest BCUT2D eigenvalue weighted by Crippen LogP contribution is 2.21. The summed E-state index contributed by atoms with van der Waals surface area (Å²) in [5, 5.41) is 3.26. The van der Waals surface area contributed by atoms with Gasteiger partial charge < -0.3 is 19.7 Å². The number of nitrogens with zero attached hydrogens (tertiary/aromatic N) is 1. The summed E-state index contributed by atoms with van der Waals surface area (Å²) in [6.45, 7) is 10.1. The predicted molar refractivity (Wildman–Crippen MR) is 84.3 cm³/mol. The number of nitrogens with one attached hydrogen (secondary N) is 1. The van der Waals surface area contributed by atoms with Gasteiger partial charge in [0.2, 0.25) is 0 Å². The lowest BCUT2D eigenvalue weighted by atomic mass is 9.93. The number of rotatable bonds is 8. The number of likely N-dealkylation sites (N-methyl/N-ethyl adjacent to an activating group) is 1. The average Bonchev–Trinajstić information content (AvgIpc) is 2.48. The van der Waals surface area contributed by atoms with Gasteiger partial charge in [-0.05, 0) is 51.7 Å². The van der Waals surface area contributed by atoms with Gasteiger partial charge in [-0.25, -0.2) is 0 Å². The van der Waals surface area contributed by atoms with Crippen LogP contribution >= 0.6 is 0 Å². The van der Waals surface area contributed by atoms with Crippen LogP contribution in [0.4, 0.5) is 0 Å². The zero-order valence-corrected chi connectivity index (χ0v) is 14.3. The lowest BCUT2D eigenvalue weighted by Crippen LogP contribution is -2.51. The smallest absolute Gasteiger partial charge is 0.325 e. The van der Waals surface area contributed by atoms with Crippen molar-refractivity contribution in [3.05, 3.63) is 0 Å². The molecule has 0 bridgehead atoms. The largest absolute Gasteiger partial charge is 0.468 e. The van der Waals surface area contributed by atoms with Crippen molar-refractivity contribution in [3.8, 4) is 0 Å². The SMILES string of the molecule is CCNC(C)(CCCN1CCC(C)C(OC)C1)C(=O)OC. The molecule has 0 aliphatic carbocycles. The zero-order valence-electron chi connectivity index (χ0n) is 14.3. The van der Waals surface area contributed by atoms with Gasteiger partial charge in [-0.1, -0.05) is 13.8 Å². The molecule has 5 heteroatoms. The van der Waals surface area contributed by atoms with Gasteiger partial charge in [-0.2, -0.15) is 0 Å². The Morgan fingerprint density at radius 3 is 2.71 bits per heavy atom. The Bertz CT molecular complexity index is 325. The molecule has 0 aromatic rings. The number of carbonyl (C=O) groups excluding carboxylic acids is 1. The van der Waals surface area contributed by atoms with Crippen molar-refractivity contribution in [1.29, 1.82) is 0 Å². The average molecular weight is 300 g/mol. The Balaban J connectivity index is 2.42. The maximum atomic E-state index is 11.9. The first-order chi connectivity index (χ1) is 9.96. The molecule has 1 heterocycles. The Kier molecular flexibility index (Phi) is 7.63. The second-order valence-electron chi connectivity index (χ2n) is 6.30. The molecule has 3 atom stereocenters. The summed E-state index contributed by atoms with van der Waals surface area (Å²) >= 11 is 0. The van der Waals surface area contributed by atoms with Crippen LogP contribution in [0.1, 0.15) is 40.0 Å². The fraction of sp³-hybridized carbons (Fsp3) is 0.938. The number of piperidine rings is 1. The van der Waals surface area contributed by atoms with Crippen molar-refractivity contribution in [2.75, 3.05) is 40.4 Å². The van der Waals surface area contributed by atoms with E-state index in [2.05, 4.69) is 17.1 Å². The summed E-state index contributed by atoms with van der Waals surface area (Å²) in [6.07, 6.45) is 3.28. The lowest BCUT2D eigenvalue weighted by Gasteiger charge is -2.36. The molecule has 21 heavy (non-hydrogen) atoms. The van der Waals surface area contributed by atoms with E-state index >= 15 is 0 Å². The molecular weight excluding hydrogens is 268 g/mol. The third-order valence-corrected chi connectivity index (χ3v) is 4.63. The Labute approximate surface area is 129 Å². The number of ether oxygens (including phenoxy) is 2. The third-order valence-electron chi connectivity index (χ3n) is 4.63. The highest BCUT2D eigenvalue weighted by molar-refractivity contribution is 5.80. The maximum Gasteiger partial charge on any atom is 0.325 e. The van der Waals surface area contributed by atoms with Crippen LogP contribution in [0.2, 0.25) is 0 Å². The van der Waals surface area contributed by atoms with Gasteiger partial charge in [0.25, 0.3) is 0 Å². The Morgan fingerprint density at radius 2 is 2.14 bits per heavy atom. The van der Waals surface area contributed by atoms with E-state index in [0.717, 1.165) is 39.0 Å². The summed E-state index contributed by atoms with van der Waals surface area (Å²) in [5.74, 6) is 0.458. The van der Waals surface area contributed by atoms with Crippen LogP contribution in [-0.2, 0) is 14.3 Å². The van der Waals surface area contributed by atoms with Gasteiger partial charge in [-0.15, -0.1) is 0 Å². The summed E-state index contributed by atoms with van der Waals surface area (Å²) in [7, 11) is 3.25. The van der Waals surface area contributed by atoms with Crippen molar-refractivity contribution in [1.82, 2.24) is 10.2 Å². The number of methoxy groups -OCH3 is 2. The van der Waals surface area contributed by atoms with Crippen molar-refractivity contribution in [3.63, 3.8) is 0 Å². The molecule has 1 N–H and O–H groups in total. The fourth-order valence-electron chi connectivity index (χ4n) is 3.14. The zero-order chi connectivity index (χ0) is 15.9. The van der Waals surface area contributed by atoms with E-state index in [1.807, 2.05) is 13.8 Å². The third kappa shape index (κ3) is 5.24. The minimum Gasteiger partial charge on any atom is -0.468 e. The van der Waals surface area contributed by atoms with E-state index in [9.17, 15) is 4.79 Å². The molecule has 3 unspecified atom stereocenters. The molecule has 1 rings (SSSR count). The number of hydrogen-bond donors (Lipinski definition) is 1. The van der Waals surface area contributed by atoms with Crippen LogP contribution in [0, 0.1) is 5.92 Å². The van der Waals surface area contributed by atoms with Crippen molar-refractivity contribution >= 4 is 5.97 Å². The molecule has 5 nitrogen and oxygen atoms in total. The van der Waals surface area contributed by atoms with E-state index in [-0.39, 0.29) is 5.97 Å². The quantitative estimate of drug-likeness (QED) is 0.691. The molecule has 0 aromatic carbocycles. The van der Waals surface area contributed by atoms with Gasteiger partial charge >= 0.3 is 5.97 Å². The number of carbonyl (C=O) groups is 1. The van der Waals surface area contributed by atoms with E-state index in [0.29, 0.717) is 12.0 Å². The number of hydrogen-bond acceptors (Lipinski definition) is 5. The van der Waals surface area contributed by atoms with Gasteiger partial charge in [0.05, 0.1) is 13.2 Å². The van der Waals surface area contributed by atoms with Gasteiger partial charge in [-0.3, -0.25) is 4.79 Å². The van der Waals surface area contributed by atoms with Gasteiger partial charge in [0.15, 0.2) is 0 Å². The summed E-state index contributed by atoms with van der Waals surface area (Å²) in [5.41, 5.74) is -0.576. The highest BCUT2D eigenvalue weighted by atomic mass is 16.5. The van der Waals surface area contributed by atoms with Crippen LogP contribution in [0.3, 0.4) is 0 Å². The highest BCUT2D eigenvalue weighted by Gasteiger charge is 2.33. The van der Waals surface area contributed by atoms with Gasteiger partial charge in [0, 0.05) is 13.7 Å². The van der Waals surface area contributed by atoms with Crippen molar-refractivity contribution < 1.29 is 14.3 Å².